The first-order chi connectivity index (χ1) is 8.62. The summed E-state index contributed by atoms with van der Waals surface area (Å²) in [6, 6.07) is 6.15. The number of hydrogen-bond acceptors (Lipinski definition) is 4. The highest BCUT2D eigenvalue weighted by atomic mass is 16.5. The average Bonchev–Trinajstić information content (AvgIpc) is 2.38. The van der Waals surface area contributed by atoms with Crippen molar-refractivity contribution in [1.82, 2.24) is 5.32 Å². The summed E-state index contributed by atoms with van der Waals surface area (Å²) >= 11 is 0. The molecule has 2 N–H and O–H groups in total. The van der Waals surface area contributed by atoms with Crippen LogP contribution in [0.1, 0.15) is 31.9 Å². The Bertz CT molecular complexity index is 368. The molecule has 0 aliphatic rings. The van der Waals surface area contributed by atoms with Crippen LogP contribution in [0.2, 0.25) is 0 Å². The third-order valence-electron chi connectivity index (χ3n) is 3.00. The second kappa shape index (κ2) is 7.24. The number of methoxy groups -OCH3 is 2. The molecular weight excluding hydrogens is 230 g/mol. The number of benzene rings is 1. The van der Waals surface area contributed by atoms with Crippen LogP contribution in [-0.2, 0) is 0 Å². The Morgan fingerprint density at radius 3 is 2.50 bits per heavy atom. The molecule has 0 aliphatic carbocycles. The second-order valence-electron chi connectivity index (χ2n) is 4.41. The fourth-order valence-corrected chi connectivity index (χ4v) is 1.97. The molecule has 0 saturated carbocycles. The number of aliphatic hydroxyl groups is 1. The van der Waals surface area contributed by atoms with E-state index in [9.17, 15) is 0 Å². The van der Waals surface area contributed by atoms with Crippen molar-refractivity contribution in [2.75, 3.05) is 20.8 Å². The van der Waals surface area contributed by atoms with Gasteiger partial charge in [-0.3, -0.25) is 0 Å². The summed E-state index contributed by atoms with van der Waals surface area (Å²) in [5.41, 5.74) is 1.06. The minimum atomic E-state index is 0.136. The highest BCUT2D eigenvalue weighted by Gasteiger charge is 2.14. The van der Waals surface area contributed by atoms with Crippen LogP contribution < -0.4 is 14.8 Å². The summed E-state index contributed by atoms with van der Waals surface area (Å²) in [6.45, 7) is 4.32. The first-order valence-electron chi connectivity index (χ1n) is 6.21. The lowest BCUT2D eigenvalue weighted by Crippen LogP contribution is -2.29. The molecular formula is C14H23NO3. The van der Waals surface area contributed by atoms with Gasteiger partial charge in [0.1, 0.15) is 11.5 Å². The van der Waals surface area contributed by atoms with Crippen molar-refractivity contribution < 1.29 is 14.6 Å². The van der Waals surface area contributed by atoms with Crippen molar-refractivity contribution in [1.29, 1.82) is 0 Å². The molecule has 0 saturated heterocycles. The molecule has 2 unspecified atom stereocenters. The van der Waals surface area contributed by atoms with Gasteiger partial charge in [0.25, 0.3) is 0 Å². The summed E-state index contributed by atoms with van der Waals surface area (Å²) in [5.74, 6) is 1.65. The largest absolute Gasteiger partial charge is 0.497 e. The third kappa shape index (κ3) is 3.89. The van der Waals surface area contributed by atoms with Crippen molar-refractivity contribution in [3.63, 3.8) is 0 Å². The molecule has 1 aromatic carbocycles. The van der Waals surface area contributed by atoms with E-state index in [0.29, 0.717) is 0 Å². The van der Waals surface area contributed by atoms with Gasteiger partial charge in [0.2, 0.25) is 0 Å². The van der Waals surface area contributed by atoms with Crippen LogP contribution in [0.4, 0.5) is 0 Å². The lowest BCUT2D eigenvalue weighted by Gasteiger charge is -2.22. The van der Waals surface area contributed by atoms with Gasteiger partial charge in [-0.2, -0.15) is 0 Å². The normalized spacial score (nSPS) is 14.1. The number of rotatable bonds is 7. The topological polar surface area (TPSA) is 50.7 Å². The maximum Gasteiger partial charge on any atom is 0.123 e. The van der Waals surface area contributed by atoms with Crippen LogP contribution in [0.25, 0.3) is 0 Å². The SMILES string of the molecule is COc1ccc(OC)c(C(C)NC(C)CCO)c1. The van der Waals surface area contributed by atoms with E-state index in [1.165, 1.54) is 0 Å². The van der Waals surface area contributed by atoms with Gasteiger partial charge in [0, 0.05) is 24.3 Å². The first-order valence-corrected chi connectivity index (χ1v) is 6.21. The Morgan fingerprint density at radius 2 is 1.94 bits per heavy atom. The van der Waals surface area contributed by atoms with Gasteiger partial charge in [-0.15, -0.1) is 0 Å². The number of ether oxygens (including phenoxy) is 2. The second-order valence-corrected chi connectivity index (χ2v) is 4.41. The Hall–Kier alpha value is -1.26. The summed E-state index contributed by atoms with van der Waals surface area (Å²) in [7, 11) is 3.31. The summed E-state index contributed by atoms with van der Waals surface area (Å²) < 4.78 is 10.6. The zero-order chi connectivity index (χ0) is 13.5. The van der Waals surface area contributed by atoms with E-state index in [2.05, 4.69) is 19.2 Å². The van der Waals surface area contributed by atoms with Crippen LogP contribution in [0.15, 0.2) is 18.2 Å². The molecule has 0 fully saturated rings. The highest BCUT2D eigenvalue weighted by Crippen LogP contribution is 2.29. The zero-order valence-corrected chi connectivity index (χ0v) is 11.6. The van der Waals surface area contributed by atoms with Gasteiger partial charge in [-0.1, -0.05) is 0 Å². The van der Waals surface area contributed by atoms with Crippen molar-refractivity contribution >= 4 is 0 Å². The fraction of sp³-hybridized carbons (Fsp3) is 0.571. The fourth-order valence-electron chi connectivity index (χ4n) is 1.97. The molecule has 1 rings (SSSR count). The number of hydrogen-bond donors (Lipinski definition) is 2. The van der Waals surface area contributed by atoms with E-state index in [1.807, 2.05) is 18.2 Å². The molecule has 0 amide bonds. The molecule has 102 valence electrons. The predicted octanol–water partition coefficient (Wildman–Crippen LogP) is 2.13. The van der Waals surface area contributed by atoms with E-state index in [0.717, 1.165) is 23.5 Å². The third-order valence-corrected chi connectivity index (χ3v) is 3.00. The van der Waals surface area contributed by atoms with Gasteiger partial charge in [0.15, 0.2) is 0 Å². The van der Waals surface area contributed by atoms with E-state index < -0.39 is 0 Å². The van der Waals surface area contributed by atoms with Crippen LogP contribution in [0.3, 0.4) is 0 Å². The molecule has 4 heteroatoms. The highest BCUT2D eigenvalue weighted by molar-refractivity contribution is 5.42. The Labute approximate surface area is 109 Å². The van der Waals surface area contributed by atoms with Crippen molar-refractivity contribution in [3.05, 3.63) is 23.8 Å². The summed E-state index contributed by atoms with van der Waals surface area (Å²) in [4.78, 5) is 0. The lowest BCUT2D eigenvalue weighted by molar-refractivity contribution is 0.264. The van der Waals surface area contributed by atoms with Gasteiger partial charge in [0.05, 0.1) is 14.2 Å². The average molecular weight is 253 g/mol. The molecule has 0 radical (unpaired) electrons. The zero-order valence-electron chi connectivity index (χ0n) is 11.6. The van der Waals surface area contributed by atoms with Crippen molar-refractivity contribution in [3.8, 4) is 11.5 Å². The monoisotopic (exact) mass is 253 g/mol. The number of nitrogens with one attached hydrogen (secondary N) is 1. The predicted molar refractivity (Wildman–Crippen MR) is 72.3 cm³/mol. The lowest BCUT2D eigenvalue weighted by atomic mass is 10.1. The smallest absolute Gasteiger partial charge is 0.123 e. The quantitative estimate of drug-likeness (QED) is 0.781. The van der Waals surface area contributed by atoms with Crippen molar-refractivity contribution in [2.24, 2.45) is 0 Å². The Kier molecular flexibility index (Phi) is 5.95. The van der Waals surface area contributed by atoms with E-state index in [4.69, 9.17) is 14.6 Å². The molecule has 4 nitrogen and oxygen atoms in total. The molecule has 18 heavy (non-hydrogen) atoms. The summed E-state index contributed by atoms with van der Waals surface area (Å²) in [5, 5.41) is 12.3. The van der Waals surface area contributed by atoms with Crippen molar-refractivity contribution in [2.45, 2.75) is 32.4 Å². The molecule has 0 bridgehead atoms. The van der Waals surface area contributed by atoms with Gasteiger partial charge in [-0.05, 0) is 38.5 Å². The first kappa shape index (κ1) is 14.8. The summed E-state index contributed by atoms with van der Waals surface area (Å²) in [6.07, 6.45) is 0.733. The molecule has 0 heterocycles. The minimum absolute atomic E-state index is 0.136. The van der Waals surface area contributed by atoms with Gasteiger partial charge < -0.3 is 19.9 Å². The molecule has 0 aromatic heterocycles. The maximum atomic E-state index is 8.92. The standard InChI is InChI=1S/C14H23NO3/c1-10(7-8-16)15-11(2)13-9-12(17-3)5-6-14(13)18-4/h5-6,9-11,15-16H,7-8H2,1-4H3. The Balaban J connectivity index is 2.85. The van der Waals surface area contributed by atoms with Crippen LogP contribution in [0, 0.1) is 0 Å². The van der Waals surface area contributed by atoms with Crippen LogP contribution in [-0.4, -0.2) is 32.0 Å². The molecule has 1 aromatic rings. The van der Waals surface area contributed by atoms with E-state index in [1.54, 1.807) is 14.2 Å². The van der Waals surface area contributed by atoms with Crippen LogP contribution >= 0.6 is 0 Å². The molecule has 0 aliphatic heterocycles. The molecule has 2 atom stereocenters. The Morgan fingerprint density at radius 1 is 1.22 bits per heavy atom. The minimum Gasteiger partial charge on any atom is -0.497 e. The van der Waals surface area contributed by atoms with Gasteiger partial charge >= 0.3 is 0 Å². The van der Waals surface area contributed by atoms with E-state index >= 15 is 0 Å². The maximum absolute atomic E-state index is 8.92. The van der Waals surface area contributed by atoms with Gasteiger partial charge in [-0.25, -0.2) is 0 Å². The molecule has 0 spiro atoms. The van der Waals surface area contributed by atoms with E-state index in [-0.39, 0.29) is 18.7 Å². The van der Waals surface area contributed by atoms with Crippen LogP contribution in [0.5, 0.6) is 11.5 Å². The number of aliphatic hydroxyl groups excluding tert-OH is 1.